The summed E-state index contributed by atoms with van der Waals surface area (Å²) < 4.78 is 35.2. The standard InChI is InChI=1S/C28H31ClF2N4O4/c1-16-5-6-18(8-19(16)29)32-24(37)22-17(2)21(20-4-3-7-35(20)22)23(36)25(38)33-27(9-28(30,31)10-27)13-34-11-26(12-34)14-39-15-26/h5-6,8H,3-4,7,9-15H2,1-2H3,(H,32,37)(H,33,38). The second-order valence-corrected chi connectivity index (χ2v) is 12.3. The normalized spacial score (nSPS) is 21.9. The molecule has 0 atom stereocenters. The second kappa shape index (κ2) is 9.11. The highest BCUT2D eigenvalue weighted by atomic mass is 35.5. The summed E-state index contributed by atoms with van der Waals surface area (Å²) in [6.07, 6.45) is 0.266. The van der Waals surface area contributed by atoms with Crippen LogP contribution in [0.1, 0.15) is 56.9 Å². The van der Waals surface area contributed by atoms with Gasteiger partial charge in [0, 0.05) is 60.8 Å². The van der Waals surface area contributed by atoms with Gasteiger partial charge in [-0.25, -0.2) is 8.78 Å². The van der Waals surface area contributed by atoms with Gasteiger partial charge in [0.1, 0.15) is 5.69 Å². The molecule has 4 aliphatic rings. The first-order chi connectivity index (χ1) is 18.4. The number of ketones is 1. The molecule has 0 radical (unpaired) electrons. The lowest BCUT2D eigenvalue weighted by Gasteiger charge is -2.59. The van der Waals surface area contributed by atoms with Crippen molar-refractivity contribution in [2.24, 2.45) is 5.41 Å². The van der Waals surface area contributed by atoms with E-state index in [1.54, 1.807) is 29.7 Å². The van der Waals surface area contributed by atoms with E-state index in [1.165, 1.54) is 0 Å². The van der Waals surface area contributed by atoms with Crippen molar-refractivity contribution in [2.45, 2.75) is 57.5 Å². The van der Waals surface area contributed by atoms with Gasteiger partial charge in [0.05, 0.1) is 24.3 Å². The molecule has 1 aromatic heterocycles. The average Bonchev–Trinajstić information content (AvgIpc) is 3.34. The first kappa shape index (κ1) is 26.4. The van der Waals surface area contributed by atoms with Crippen LogP contribution in [0.25, 0.3) is 0 Å². The highest BCUT2D eigenvalue weighted by Gasteiger charge is 2.60. The molecule has 2 aromatic rings. The van der Waals surface area contributed by atoms with E-state index < -0.39 is 41.9 Å². The molecule has 3 fully saturated rings. The van der Waals surface area contributed by atoms with Crippen LogP contribution in [0.15, 0.2) is 18.2 Å². The number of hydrogen-bond acceptors (Lipinski definition) is 5. The van der Waals surface area contributed by atoms with E-state index >= 15 is 0 Å². The van der Waals surface area contributed by atoms with Crippen LogP contribution in [-0.4, -0.2) is 71.4 Å². The Bertz CT molecular complexity index is 1380. The van der Waals surface area contributed by atoms with Crippen LogP contribution >= 0.6 is 11.6 Å². The molecule has 4 heterocycles. The van der Waals surface area contributed by atoms with Crippen LogP contribution in [-0.2, 0) is 22.5 Å². The van der Waals surface area contributed by atoms with E-state index in [9.17, 15) is 23.2 Å². The number of benzene rings is 1. The Morgan fingerprint density at radius 2 is 1.85 bits per heavy atom. The van der Waals surface area contributed by atoms with Crippen LogP contribution in [0.2, 0.25) is 5.02 Å². The van der Waals surface area contributed by atoms with Crippen molar-refractivity contribution in [3.05, 3.63) is 51.3 Å². The van der Waals surface area contributed by atoms with Crippen molar-refractivity contribution in [1.82, 2.24) is 14.8 Å². The van der Waals surface area contributed by atoms with Gasteiger partial charge in [-0.05, 0) is 49.9 Å². The molecule has 3 aliphatic heterocycles. The highest BCUT2D eigenvalue weighted by Crippen LogP contribution is 2.48. The first-order valence-electron chi connectivity index (χ1n) is 13.2. The predicted molar refractivity (Wildman–Crippen MR) is 141 cm³/mol. The van der Waals surface area contributed by atoms with Crippen LogP contribution in [0.5, 0.6) is 0 Å². The number of amides is 2. The van der Waals surface area contributed by atoms with Gasteiger partial charge in [-0.2, -0.15) is 0 Å². The third-order valence-electron chi connectivity index (χ3n) is 8.52. The number of nitrogens with one attached hydrogen (secondary N) is 2. The van der Waals surface area contributed by atoms with Gasteiger partial charge in [0.15, 0.2) is 0 Å². The van der Waals surface area contributed by atoms with E-state index in [2.05, 4.69) is 10.6 Å². The quantitative estimate of drug-likeness (QED) is 0.397. The number of carbonyl (C=O) groups is 3. The number of likely N-dealkylation sites (tertiary alicyclic amines) is 1. The van der Waals surface area contributed by atoms with Crippen LogP contribution in [0, 0.1) is 19.3 Å². The Hall–Kier alpha value is -2.82. The minimum Gasteiger partial charge on any atom is -0.380 e. The number of alkyl halides is 2. The van der Waals surface area contributed by atoms with Gasteiger partial charge in [0.25, 0.3) is 23.5 Å². The fourth-order valence-electron chi connectivity index (χ4n) is 6.78. The summed E-state index contributed by atoms with van der Waals surface area (Å²) in [4.78, 5) is 42.1. The number of anilines is 1. The number of fused-ring (bicyclic) bond motifs is 1. The van der Waals surface area contributed by atoms with E-state index in [0.717, 1.165) is 25.1 Å². The molecule has 11 heteroatoms. The van der Waals surface area contributed by atoms with Gasteiger partial charge in [-0.1, -0.05) is 17.7 Å². The number of carbonyl (C=O) groups excluding carboxylic acids is 3. The summed E-state index contributed by atoms with van der Waals surface area (Å²) in [7, 11) is 0. The fourth-order valence-corrected chi connectivity index (χ4v) is 6.96. The number of hydrogen-bond donors (Lipinski definition) is 2. The average molecular weight is 561 g/mol. The number of ether oxygens (including phenoxy) is 1. The smallest absolute Gasteiger partial charge is 0.292 e. The summed E-state index contributed by atoms with van der Waals surface area (Å²) >= 11 is 6.20. The Balaban J connectivity index is 1.21. The highest BCUT2D eigenvalue weighted by molar-refractivity contribution is 6.44. The van der Waals surface area contributed by atoms with Crippen molar-refractivity contribution < 1.29 is 27.9 Å². The lowest BCUT2D eigenvalue weighted by Crippen LogP contribution is -2.73. The molecule has 1 spiro atoms. The summed E-state index contributed by atoms with van der Waals surface area (Å²) in [6.45, 7) is 7.13. The lowest BCUT2D eigenvalue weighted by molar-refractivity contribution is -0.206. The Kier molecular flexibility index (Phi) is 6.17. The summed E-state index contributed by atoms with van der Waals surface area (Å²) in [5.74, 6) is -4.99. The molecule has 2 N–H and O–H groups in total. The molecule has 2 saturated heterocycles. The van der Waals surface area contributed by atoms with E-state index in [4.69, 9.17) is 16.3 Å². The second-order valence-electron chi connectivity index (χ2n) is 11.9. The SMILES string of the molecule is Cc1ccc(NC(=O)c2c(C)c(C(=O)C(=O)NC3(CN4CC5(COC5)C4)CC(F)(F)C3)c3n2CCC3)cc1Cl. The fraction of sp³-hybridized carbons (Fsp3) is 0.536. The molecule has 8 nitrogen and oxygen atoms in total. The van der Waals surface area contributed by atoms with Crippen molar-refractivity contribution >= 4 is 34.9 Å². The lowest BCUT2D eigenvalue weighted by atomic mass is 9.70. The number of aryl methyl sites for hydroxylation is 1. The maximum absolute atomic E-state index is 14.0. The van der Waals surface area contributed by atoms with Crippen molar-refractivity contribution in [3.63, 3.8) is 0 Å². The first-order valence-corrected chi connectivity index (χ1v) is 13.6. The van der Waals surface area contributed by atoms with Gasteiger partial charge >= 0.3 is 0 Å². The van der Waals surface area contributed by atoms with Crippen molar-refractivity contribution in [2.75, 3.05) is 38.2 Å². The molecule has 0 bridgehead atoms. The van der Waals surface area contributed by atoms with E-state index in [0.29, 0.717) is 53.8 Å². The number of halogens is 3. The maximum atomic E-state index is 14.0. The van der Waals surface area contributed by atoms with Crippen molar-refractivity contribution in [1.29, 1.82) is 0 Å². The van der Waals surface area contributed by atoms with Crippen LogP contribution in [0.4, 0.5) is 14.5 Å². The van der Waals surface area contributed by atoms with Crippen LogP contribution < -0.4 is 10.6 Å². The molecule has 0 unspecified atom stereocenters. The van der Waals surface area contributed by atoms with Gasteiger partial charge in [-0.15, -0.1) is 0 Å². The third-order valence-corrected chi connectivity index (χ3v) is 8.93. The molecule has 2 amide bonds. The largest absolute Gasteiger partial charge is 0.380 e. The van der Waals surface area contributed by atoms with Gasteiger partial charge in [0.2, 0.25) is 0 Å². The van der Waals surface area contributed by atoms with E-state index in [1.807, 2.05) is 11.8 Å². The summed E-state index contributed by atoms with van der Waals surface area (Å²) in [5.41, 5.74) is 1.87. The number of Topliss-reactive ketones (excluding diaryl/α,β-unsaturated/α-hetero) is 1. The number of nitrogens with zero attached hydrogens (tertiary/aromatic N) is 2. The number of aromatic nitrogens is 1. The molecule has 39 heavy (non-hydrogen) atoms. The minimum absolute atomic E-state index is 0.109. The molecule has 1 aromatic carbocycles. The van der Waals surface area contributed by atoms with Gasteiger partial charge in [-0.3, -0.25) is 19.3 Å². The van der Waals surface area contributed by atoms with Gasteiger partial charge < -0.3 is 19.9 Å². The Labute approximate surface area is 230 Å². The minimum atomic E-state index is -2.88. The predicted octanol–water partition coefficient (Wildman–Crippen LogP) is 3.76. The molecule has 208 valence electrons. The molecule has 1 aliphatic carbocycles. The van der Waals surface area contributed by atoms with E-state index in [-0.39, 0.29) is 17.5 Å². The zero-order chi connectivity index (χ0) is 27.7. The zero-order valence-electron chi connectivity index (χ0n) is 22.0. The third kappa shape index (κ3) is 4.56. The summed E-state index contributed by atoms with van der Waals surface area (Å²) in [6, 6.07) is 5.20. The topological polar surface area (TPSA) is 92.7 Å². The molecular formula is C28H31ClF2N4O4. The maximum Gasteiger partial charge on any atom is 0.292 e. The Morgan fingerprint density at radius 1 is 1.13 bits per heavy atom. The summed E-state index contributed by atoms with van der Waals surface area (Å²) in [5, 5.41) is 6.05. The monoisotopic (exact) mass is 560 g/mol. The molecule has 1 saturated carbocycles. The molecular weight excluding hydrogens is 530 g/mol. The Morgan fingerprint density at radius 3 is 2.46 bits per heavy atom. The van der Waals surface area contributed by atoms with Crippen LogP contribution in [0.3, 0.4) is 0 Å². The van der Waals surface area contributed by atoms with Crippen molar-refractivity contribution in [3.8, 4) is 0 Å². The molecule has 6 rings (SSSR count). The zero-order valence-corrected chi connectivity index (χ0v) is 22.7. The number of rotatable bonds is 7.